The Balaban J connectivity index is 2.13. The van der Waals surface area contributed by atoms with E-state index < -0.39 is 5.97 Å². The number of aromatic carboxylic acids is 1. The maximum atomic E-state index is 10.8. The highest BCUT2D eigenvalue weighted by Gasteiger charge is 2.15. The Bertz CT molecular complexity index is 719. The summed E-state index contributed by atoms with van der Waals surface area (Å²) >= 11 is 2.81. The first-order valence-electron chi connectivity index (χ1n) is 5.20. The maximum absolute atomic E-state index is 10.8. The van der Waals surface area contributed by atoms with E-state index >= 15 is 0 Å². The molecule has 3 rings (SSSR count). The molecule has 0 saturated carbocycles. The Kier molecular flexibility index (Phi) is 2.46. The van der Waals surface area contributed by atoms with Crippen LogP contribution in [0.2, 0.25) is 0 Å². The van der Waals surface area contributed by atoms with E-state index in [9.17, 15) is 4.79 Å². The van der Waals surface area contributed by atoms with Gasteiger partial charge in [0.15, 0.2) is 5.69 Å². The standard InChI is InChI=1S/C11H9N3O2S2/c1-5-6-3-8(17-10(6)14(2)12-5)9-4-7(11(15)16)13-18-9/h3-4H,1-2H3,(H,15,16). The van der Waals surface area contributed by atoms with Gasteiger partial charge in [-0.05, 0) is 30.6 Å². The molecule has 0 aliphatic heterocycles. The second-order valence-corrected chi connectivity index (χ2v) is 5.76. The molecule has 0 saturated heterocycles. The largest absolute Gasteiger partial charge is 0.476 e. The summed E-state index contributed by atoms with van der Waals surface area (Å²) in [7, 11) is 1.91. The number of carbonyl (C=O) groups is 1. The summed E-state index contributed by atoms with van der Waals surface area (Å²) in [5, 5.41) is 14.3. The molecule has 5 nitrogen and oxygen atoms in total. The Morgan fingerprint density at radius 1 is 1.39 bits per heavy atom. The molecule has 92 valence electrons. The molecule has 18 heavy (non-hydrogen) atoms. The minimum atomic E-state index is -0.989. The van der Waals surface area contributed by atoms with E-state index in [4.69, 9.17) is 5.11 Å². The third kappa shape index (κ3) is 1.63. The van der Waals surface area contributed by atoms with Crippen LogP contribution < -0.4 is 0 Å². The number of nitrogens with zero attached hydrogens (tertiary/aromatic N) is 3. The average molecular weight is 279 g/mol. The molecule has 3 aromatic heterocycles. The van der Waals surface area contributed by atoms with E-state index in [1.165, 1.54) is 11.5 Å². The van der Waals surface area contributed by atoms with Crippen LogP contribution in [0.1, 0.15) is 16.2 Å². The lowest BCUT2D eigenvalue weighted by molar-refractivity contribution is 0.0692. The van der Waals surface area contributed by atoms with Crippen molar-refractivity contribution in [3.8, 4) is 9.75 Å². The number of aryl methyl sites for hydroxylation is 2. The quantitative estimate of drug-likeness (QED) is 0.783. The van der Waals surface area contributed by atoms with Crippen molar-refractivity contribution in [2.75, 3.05) is 0 Å². The van der Waals surface area contributed by atoms with Crippen molar-refractivity contribution < 1.29 is 9.90 Å². The molecule has 0 fully saturated rings. The monoisotopic (exact) mass is 279 g/mol. The van der Waals surface area contributed by atoms with Crippen molar-refractivity contribution in [3.05, 3.63) is 23.5 Å². The van der Waals surface area contributed by atoms with E-state index in [1.807, 2.05) is 24.7 Å². The lowest BCUT2D eigenvalue weighted by Gasteiger charge is -1.89. The van der Waals surface area contributed by atoms with E-state index in [0.717, 1.165) is 25.7 Å². The molecule has 0 aromatic carbocycles. The Labute approximate surface area is 110 Å². The zero-order chi connectivity index (χ0) is 12.9. The van der Waals surface area contributed by atoms with Gasteiger partial charge in [0.2, 0.25) is 0 Å². The third-order valence-corrected chi connectivity index (χ3v) is 4.86. The molecule has 7 heteroatoms. The van der Waals surface area contributed by atoms with Gasteiger partial charge in [0.05, 0.1) is 10.6 Å². The van der Waals surface area contributed by atoms with Crippen LogP contribution in [-0.4, -0.2) is 25.2 Å². The van der Waals surface area contributed by atoms with Crippen molar-refractivity contribution >= 4 is 39.1 Å². The average Bonchev–Trinajstić information content (AvgIpc) is 2.98. The first-order chi connectivity index (χ1) is 8.56. The van der Waals surface area contributed by atoms with Crippen LogP contribution in [0.3, 0.4) is 0 Å². The van der Waals surface area contributed by atoms with Crippen molar-refractivity contribution in [2.24, 2.45) is 7.05 Å². The van der Waals surface area contributed by atoms with E-state index in [0.29, 0.717) is 0 Å². The van der Waals surface area contributed by atoms with Gasteiger partial charge in [-0.25, -0.2) is 4.79 Å². The summed E-state index contributed by atoms with van der Waals surface area (Å²) in [5.74, 6) is -0.989. The number of rotatable bonds is 2. The minimum absolute atomic E-state index is 0.0994. The first-order valence-corrected chi connectivity index (χ1v) is 6.79. The molecule has 1 N–H and O–H groups in total. The number of thiophene rings is 1. The Morgan fingerprint density at radius 2 is 2.17 bits per heavy atom. The molecule has 0 spiro atoms. The highest BCUT2D eigenvalue weighted by molar-refractivity contribution is 7.24. The van der Waals surface area contributed by atoms with E-state index in [1.54, 1.807) is 17.4 Å². The Hall–Kier alpha value is -1.73. The topological polar surface area (TPSA) is 68.0 Å². The van der Waals surface area contributed by atoms with Crippen LogP contribution >= 0.6 is 22.9 Å². The summed E-state index contributed by atoms with van der Waals surface area (Å²) < 4.78 is 5.76. The predicted octanol–water partition coefficient (Wildman–Crippen LogP) is 2.76. The number of hydrogen-bond donors (Lipinski definition) is 1. The summed E-state index contributed by atoms with van der Waals surface area (Å²) in [6, 6.07) is 3.65. The van der Waals surface area contributed by atoms with Crippen LogP contribution in [0.15, 0.2) is 12.1 Å². The van der Waals surface area contributed by atoms with Crippen molar-refractivity contribution in [2.45, 2.75) is 6.92 Å². The lowest BCUT2D eigenvalue weighted by Crippen LogP contribution is -1.94. The molecule has 0 unspecified atom stereocenters. The number of aromatic nitrogens is 3. The van der Waals surface area contributed by atoms with Crippen molar-refractivity contribution in [1.29, 1.82) is 0 Å². The van der Waals surface area contributed by atoms with Gasteiger partial charge in [-0.1, -0.05) is 0 Å². The predicted molar refractivity (Wildman–Crippen MR) is 71.4 cm³/mol. The number of fused-ring (bicyclic) bond motifs is 1. The molecule has 3 heterocycles. The van der Waals surface area contributed by atoms with Crippen LogP contribution in [0.5, 0.6) is 0 Å². The molecular weight excluding hydrogens is 270 g/mol. The van der Waals surface area contributed by atoms with Crippen molar-refractivity contribution in [1.82, 2.24) is 14.2 Å². The number of hydrogen-bond acceptors (Lipinski definition) is 5. The summed E-state index contributed by atoms with van der Waals surface area (Å²) in [4.78, 5) is 13.8. The van der Waals surface area contributed by atoms with Gasteiger partial charge in [0.1, 0.15) is 4.83 Å². The number of carboxylic acid groups (broad SMARTS) is 1. The van der Waals surface area contributed by atoms with E-state index in [-0.39, 0.29) is 5.69 Å². The first kappa shape index (κ1) is 11.4. The second kappa shape index (κ2) is 3.89. The van der Waals surface area contributed by atoms with Crippen LogP contribution in [-0.2, 0) is 7.05 Å². The maximum Gasteiger partial charge on any atom is 0.355 e. The van der Waals surface area contributed by atoms with Gasteiger partial charge in [-0.2, -0.15) is 9.47 Å². The molecular formula is C11H9N3O2S2. The second-order valence-electron chi connectivity index (χ2n) is 3.92. The summed E-state index contributed by atoms with van der Waals surface area (Å²) in [5.41, 5.74) is 1.08. The smallest absolute Gasteiger partial charge is 0.355 e. The highest BCUT2D eigenvalue weighted by Crippen LogP contribution is 2.36. The van der Waals surface area contributed by atoms with Crippen molar-refractivity contribution in [3.63, 3.8) is 0 Å². The molecule has 0 aliphatic rings. The normalized spacial score (nSPS) is 11.2. The summed E-state index contributed by atoms with van der Waals surface area (Å²) in [6.45, 7) is 1.97. The van der Waals surface area contributed by atoms with Gasteiger partial charge in [0.25, 0.3) is 0 Å². The third-order valence-electron chi connectivity index (χ3n) is 2.67. The molecule has 3 aromatic rings. The molecule has 0 bridgehead atoms. The van der Waals surface area contributed by atoms with Crippen LogP contribution in [0.4, 0.5) is 0 Å². The zero-order valence-electron chi connectivity index (χ0n) is 9.67. The molecule has 0 atom stereocenters. The highest BCUT2D eigenvalue weighted by atomic mass is 32.1. The van der Waals surface area contributed by atoms with Gasteiger partial charge < -0.3 is 5.11 Å². The fourth-order valence-corrected chi connectivity index (χ4v) is 3.73. The van der Waals surface area contributed by atoms with Gasteiger partial charge in [-0.3, -0.25) is 4.68 Å². The molecule has 0 aliphatic carbocycles. The summed E-state index contributed by atoms with van der Waals surface area (Å²) in [6.07, 6.45) is 0. The zero-order valence-corrected chi connectivity index (χ0v) is 11.3. The SMILES string of the molecule is Cc1nn(C)c2sc(-c3cc(C(=O)O)ns3)cc12. The van der Waals surface area contributed by atoms with Crippen LogP contribution in [0, 0.1) is 6.92 Å². The molecule has 0 amide bonds. The minimum Gasteiger partial charge on any atom is -0.476 e. The lowest BCUT2D eigenvalue weighted by atomic mass is 10.3. The van der Waals surface area contributed by atoms with Gasteiger partial charge >= 0.3 is 5.97 Å². The Morgan fingerprint density at radius 3 is 2.78 bits per heavy atom. The fourth-order valence-electron chi connectivity index (χ4n) is 1.82. The number of carboxylic acids is 1. The fraction of sp³-hybridized carbons (Fsp3) is 0.182. The van der Waals surface area contributed by atoms with Gasteiger partial charge in [-0.15, -0.1) is 11.3 Å². The van der Waals surface area contributed by atoms with Crippen LogP contribution in [0.25, 0.3) is 20.0 Å². The van der Waals surface area contributed by atoms with Gasteiger partial charge in [0, 0.05) is 17.3 Å². The van der Waals surface area contributed by atoms with E-state index in [2.05, 4.69) is 9.47 Å². The molecule has 0 radical (unpaired) electrons.